The number of hydrogen-bond donors (Lipinski definition) is 1. The van der Waals surface area contributed by atoms with Crippen molar-refractivity contribution in [1.29, 1.82) is 0 Å². The molecule has 0 heterocycles. The van der Waals surface area contributed by atoms with E-state index in [1.807, 2.05) is 6.07 Å². The molecule has 0 saturated heterocycles. The smallest absolute Gasteiger partial charge is 0.123 e. The molecule has 0 bridgehead atoms. The van der Waals surface area contributed by atoms with Gasteiger partial charge in [-0.3, -0.25) is 0 Å². The van der Waals surface area contributed by atoms with Crippen molar-refractivity contribution in [1.82, 2.24) is 5.32 Å². The zero-order valence-corrected chi connectivity index (χ0v) is 12.9. The summed E-state index contributed by atoms with van der Waals surface area (Å²) in [6.07, 6.45) is 8.76. The molecule has 112 valence electrons. The third-order valence-electron chi connectivity index (χ3n) is 4.61. The van der Waals surface area contributed by atoms with Crippen molar-refractivity contribution in [2.24, 2.45) is 5.92 Å². The summed E-state index contributed by atoms with van der Waals surface area (Å²) in [5.41, 5.74) is 2.42. The Labute approximate surface area is 123 Å². The Morgan fingerprint density at radius 2 is 2.00 bits per heavy atom. The Morgan fingerprint density at radius 1 is 1.20 bits per heavy atom. The molecule has 0 amide bonds. The van der Waals surface area contributed by atoms with Crippen molar-refractivity contribution >= 4 is 0 Å². The monoisotopic (exact) mass is 277 g/mol. The van der Waals surface area contributed by atoms with Gasteiger partial charge in [0.15, 0.2) is 0 Å². The van der Waals surface area contributed by atoms with E-state index in [9.17, 15) is 4.39 Å². The standard InChI is InChI=1S/C18H28FN/c1-3-11-20-18-8-6-4-5-7-15(18)12-16-13-17(19)10-9-14(16)2/h9-10,13,15,18,20H,3-8,11-12H2,1-2H3. The molecule has 0 spiro atoms. The van der Waals surface area contributed by atoms with Gasteiger partial charge in [-0.1, -0.05) is 32.3 Å². The lowest BCUT2D eigenvalue weighted by Gasteiger charge is -2.27. The quantitative estimate of drug-likeness (QED) is 0.774. The van der Waals surface area contributed by atoms with E-state index in [2.05, 4.69) is 19.2 Å². The second-order valence-electron chi connectivity index (χ2n) is 6.23. The van der Waals surface area contributed by atoms with E-state index in [1.54, 1.807) is 12.1 Å². The molecule has 0 aliphatic heterocycles. The predicted octanol–water partition coefficient (Wildman–Crippen LogP) is 4.63. The average molecular weight is 277 g/mol. The van der Waals surface area contributed by atoms with E-state index in [1.165, 1.54) is 49.7 Å². The van der Waals surface area contributed by atoms with Gasteiger partial charge in [0.2, 0.25) is 0 Å². The Bertz CT molecular complexity index is 416. The van der Waals surface area contributed by atoms with E-state index in [4.69, 9.17) is 0 Å². The first-order valence-electron chi connectivity index (χ1n) is 8.19. The summed E-state index contributed by atoms with van der Waals surface area (Å²) in [4.78, 5) is 0. The van der Waals surface area contributed by atoms with Gasteiger partial charge in [0.25, 0.3) is 0 Å². The molecule has 2 heteroatoms. The minimum absolute atomic E-state index is 0.0997. The molecule has 1 fully saturated rings. The number of halogens is 1. The molecule has 1 aromatic rings. The number of aryl methyl sites for hydroxylation is 1. The van der Waals surface area contributed by atoms with Crippen LogP contribution in [0.2, 0.25) is 0 Å². The van der Waals surface area contributed by atoms with Crippen molar-refractivity contribution < 1.29 is 4.39 Å². The first kappa shape index (κ1) is 15.5. The van der Waals surface area contributed by atoms with Gasteiger partial charge in [-0.2, -0.15) is 0 Å². The molecule has 1 aliphatic carbocycles. The topological polar surface area (TPSA) is 12.0 Å². The zero-order chi connectivity index (χ0) is 14.4. The first-order chi connectivity index (χ1) is 9.70. The third-order valence-corrected chi connectivity index (χ3v) is 4.61. The van der Waals surface area contributed by atoms with Crippen LogP contribution in [0.1, 0.15) is 56.6 Å². The van der Waals surface area contributed by atoms with Crippen molar-refractivity contribution in [3.63, 3.8) is 0 Å². The molecule has 2 atom stereocenters. The van der Waals surface area contributed by atoms with Crippen LogP contribution in [0.3, 0.4) is 0 Å². The zero-order valence-electron chi connectivity index (χ0n) is 12.9. The van der Waals surface area contributed by atoms with E-state index < -0.39 is 0 Å². The number of benzene rings is 1. The Morgan fingerprint density at radius 3 is 2.80 bits per heavy atom. The van der Waals surface area contributed by atoms with Crippen molar-refractivity contribution in [3.8, 4) is 0 Å². The molecule has 20 heavy (non-hydrogen) atoms. The molecular formula is C18H28FN. The molecular weight excluding hydrogens is 249 g/mol. The van der Waals surface area contributed by atoms with Crippen molar-refractivity contribution in [2.45, 2.75) is 64.8 Å². The van der Waals surface area contributed by atoms with Gasteiger partial charge in [-0.15, -0.1) is 0 Å². The van der Waals surface area contributed by atoms with Crippen LogP contribution in [0.25, 0.3) is 0 Å². The summed E-state index contributed by atoms with van der Waals surface area (Å²) >= 11 is 0. The largest absolute Gasteiger partial charge is 0.314 e. The highest BCUT2D eigenvalue weighted by Crippen LogP contribution is 2.28. The van der Waals surface area contributed by atoms with E-state index in [0.29, 0.717) is 12.0 Å². The fraction of sp³-hybridized carbons (Fsp3) is 0.667. The molecule has 2 unspecified atom stereocenters. The average Bonchev–Trinajstić information content (AvgIpc) is 2.66. The summed E-state index contributed by atoms with van der Waals surface area (Å²) in [7, 11) is 0. The maximum atomic E-state index is 13.5. The molecule has 1 aliphatic rings. The minimum atomic E-state index is -0.0997. The van der Waals surface area contributed by atoms with Crippen LogP contribution in [0.4, 0.5) is 4.39 Å². The summed E-state index contributed by atoms with van der Waals surface area (Å²) in [5.74, 6) is 0.557. The van der Waals surface area contributed by atoms with Crippen molar-refractivity contribution in [2.75, 3.05) is 6.54 Å². The van der Waals surface area contributed by atoms with Crippen LogP contribution < -0.4 is 5.32 Å². The molecule has 0 radical (unpaired) electrons. The summed E-state index contributed by atoms with van der Waals surface area (Å²) < 4.78 is 13.5. The minimum Gasteiger partial charge on any atom is -0.314 e. The maximum Gasteiger partial charge on any atom is 0.123 e. The lowest BCUT2D eigenvalue weighted by Crippen LogP contribution is -2.37. The summed E-state index contributed by atoms with van der Waals surface area (Å²) in [6, 6.07) is 5.83. The van der Waals surface area contributed by atoms with Gasteiger partial charge in [-0.05, 0) is 68.3 Å². The van der Waals surface area contributed by atoms with E-state index in [0.717, 1.165) is 13.0 Å². The van der Waals surface area contributed by atoms with E-state index in [-0.39, 0.29) is 5.82 Å². The van der Waals surface area contributed by atoms with Crippen LogP contribution in [0.15, 0.2) is 18.2 Å². The van der Waals surface area contributed by atoms with Crippen LogP contribution in [0.5, 0.6) is 0 Å². The normalized spacial score (nSPS) is 23.6. The van der Waals surface area contributed by atoms with Crippen LogP contribution in [0, 0.1) is 18.7 Å². The Balaban J connectivity index is 2.08. The van der Waals surface area contributed by atoms with Crippen LogP contribution in [-0.2, 0) is 6.42 Å². The fourth-order valence-corrected chi connectivity index (χ4v) is 3.37. The predicted molar refractivity (Wildman–Crippen MR) is 83.5 cm³/mol. The lowest BCUT2D eigenvalue weighted by molar-refractivity contribution is 0.332. The number of nitrogens with one attached hydrogen (secondary N) is 1. The first-order valence-corrected chi connectivity index (χ1v) is 8.19. The molecule has 1 saturated carbocycles. The van der Waals surface area contributed by atoms with E-state index >= 15 is 0 Å². The van der Waals surface area contributed by atoms with Gasteiger partial charge in [0.1, 0.15) is 5.82 Å². The van der Waals surface area contributed by atoms with Gasteiger partial charge >= 0.3 is 0 Å². The summed E-state index contributed by atoms with van der Waals surface area (Å²) in [6.45, 7) is 5.42. The van der Waals surface area contributed by atoms with Crippen molar-refractivity contribution in [3.05, 3.63) is 35.1 Å². The molecule has 1 aromatic carbocycles. The fourth-order valence-electron chi connectivity index (χ4n) is 3.37. The summed E-state index contributed by atoms with van der Waals surface area (Å²) in [5, 5.41) is 3.72. The molecule has 2 rings (SSSR count). The molecule has 1 nitrogen and oxygen atoms in total. The van der Waals surface area contributed by atoms with Gasteiger partial charge < -0.3 is 5.32 Å². The third kappa shape index (κ3) is 4.31. The highest BCUT2D eigenvalue weighted by molar-refractivity contribution is 5.27. The SMILES string of the molecule is CCCNC1CCCCCC1Cc1cc(F)ccc1C. The van der Waals surface area contributed by atoms with Crippen LogP contribution in [-0.4, -0.2) is 12.6 Å². The van der Waals surface area contributed by atoms with Gasteiger partial charge in [0, 0.05) is 6.04 Å². The number of hydrogen-bond acceptors (Lipinski definition) is 1. The Hall–Kier alpha value is -0.890. The lowest BCUT2D eigenvalue weighted by atomic mass is 9.87. The van der Waals surface area contributed by atoms with Gasteiger partial charge in [0.05, 0.1) is 0 Å². The second kappa shape index (κ2) is 7.78. The second-order valence-corrected chi connectivity index (χ2v) is 6.23. The molecule has 0 aromatic heterocycles. The van der Waals surface area contributed by atoms with Crippen LogP contribution >= 0.6 is 0 Å². The molecule has 1 N–H and O–H groups in total. The van der Waals surface area contributed by atoms with Gasteiger partial charge in [-0.25, -0.2) is 4.39 Å². The highest BCUT2D eigenvalue weighted by atomic mass is 19.1. The Kier molecular flexibility index (Phi) is 6.03. The highest BCUT2D eigenvalue weighted by Gasteiger charge is 2.23. The maximum absolute atomic E-state index is 13.5. The number of rotatable bonds is 5.